The van der Waals surface area contributed by atoms with Crippen LogP contribution in [0.15, 0.2) is 29.2 Å². The Morgan fingerprint density at radius 1 is 1.07 bits per heavy atom. The number of methoxy groups -OCH3 is 1. The number of benzene rings is 1. The van der Waals surface area contributed by atoms with E-state index in [1.807, 2.05) is 4.90 Å². The number of hydrogen-bond donors (Lipinski definition) is 0. The lowest BCUT2D eigenvalue weighted by Crippen LogP contribution is -2.46. The van der Waals surface area contributed by atoms with Crippen LogP contribution in [0.25, 0.3) is 0 Å². The number of likely N-dealkylation sites (tertiary alicyclic amines) is 2. The predicted molar refractivity (Wildman–Crippen MR) is 103 cm³/mol. The lowest BCUT2D eigenvalue weighted by atomic mass is 10.0. The zero-order valence-corrected chi connectivity index (χ0v) is 17.1. The van der Waals surface area contributed by atoms with Gasteiger partial charge in [0, 0.05) is 59.0 Å². The van der Waals surface area contributed by atoms with E-state index < -0.39 is 10.0 Å². The Hall–Kier alpha value is -1.48. The predicted octanol–water partition coefficient (Wildman–Crippen LogP) is 1.26. The van der Waals surface area contributed by atoms with E-state index in [1.54, 1.807) is 19.2 Å². The van der Waals surface area contributed by atoms with Crippen LogP contribution in [-0.4, -0.2) is 88.0 Å². The quantitative estimate of drug-likeness (QED) is 0.751. The Morgan fingerprint density at radius 3 is 2.22 bits per heavy atom. The van der Waals surface area contributed by atoms with Crippen molar-refractivity contribution in [3.63, 3.8) is 0 Å². The molecule has 2 fully saturated rings. The normalized spacial score (nSPS) is 22.5. The van der Waals surface area contributed by atoms with E-state index in [2.05, 4.69) is 4.90 Å². The van der Waals surface area contributed by atoms with Crippen molar-refractivity contribution in [1.82, 2.24) is 14.1 Å². The molecule has 2 aliphatic heterocycles. The summed E-state index contributed by atoms with van der Waals surface area (Å²) in [5.74, 6) is -0.0292. The van der Waals surface area contributed by atoms with Gasteiger partial charge in [0.15, 0.2) is 0 Å². The molecule has 0 spiro atoms. The van der Waals surface area contributed by atoms with Crippen molar-refractivity contribution < 1.29 is 17.9 Å². The molecular formula is C19H29N3O4S. The molecule has 1 aromatic carbocycles. The van der Waals surface area contributed by atoms with Gasteiger partial charge in [0.25, 0.3) is 5.91 Å². The molecular weight excluding hydrogens is 366 g/mol. The van der Waals surface area contributed by atoms with Gasteiger partial charge in [-0.05, 0) is 43.5 Å². The van der Waals surface area contributed by atoms with Crippen molar-refractivity contribution >= 4 is 15.9 Å². The molecule has 3 rings (SSSR count). The first-order chi connectivity index (χ1) is 12.8. The summed E-state index contributed by atoms with van der Waals surface area (Å²) >= 11 is 0. The molecule has 0 N–H and O–H groups in total. The Kier molecular flexibility index (Phi) is 6.20. The van der Waals surface area contributed by atoms with Crippen LogP contribution in [0.3, 0.4) is 0 Å². The lowest BCUT2D eigenvalue weighted by molar-refractivity contribution is 0.0603. The topological polar surface area (TPSA) is 70.2 Å². The van der Waals surface area contributed by atoms with E-state index in [1.165, 1.54) is 30.5 Å². The third kappa shape index (κ3) is 4.34. The average Bonchev–Trinajstić information content (AvgIpc) is 3.17. The first kappa shape index (κ1) is 20.3. The highest BCUT2D eigenvalue weighted by molar-refractivity contribution is 7.89. The summed E-state index contributed by atoms with van der Waals surface area (Å²) in [5, 5.41) is 0. The fourth-order valence-corrected chi connectivity index (χ4v) is 4.78. The van der Waals surface area contributed by atoms with Crippen molar-refractivity contribution in [2.24, 2.45) is 0 Å². The summed E-state index contributed by atoms with van der Waals surface area (Å²) in [6.07, 6.45) is 3.35. The van der Waals surface area contributed by atoms with Crippen LogP contribution in [0.2, 0.25) is 0 Å². The van der Waals surface area contributed by atoms with Crippen molar-refractivity contribution in [2.75, 3.05) is 47.4 Å². The molecule has 2 aliphatic rings. The third-order valence-corrected chi connectivity index (χ3v) is 7.49. The number of hydrogen-bond acceptors (Lipinski definition) is 5. The first-order valence-electron chi connectivity index (χ1n) is 9.41. The van der Waals surface area contributed by atoms with Crippen molar-refractivity contribution in [1.29, 1.82) is 0 Å². The largest absolute Gasteiger partial charge is 0.380 e. The monoisotopic (exact) mass is 395 g/mol. The summed E-state index contributed by atoms with van der Waals surface area (Å²) in [6.45, 7) is 3.51. The Morgan fingerprint density at radius 2 is 1.70 bits per heavy atom. The summed E-state index contributed by atoms with van der Waals surface area (Å²) in [7, 11) is 1.28. The molecule has 0 aromatic heterocycles. The number of rotatable bonds is 5. The number of piperidine rings is 1. The van der Waals surface area contributed by atoms with Crippen molar-refractivity contribution in [2.45, 2.75) is 36.3 Å². The van der Waals surface area contributed by atoms with E-state index in [-0.39, 0.29) is 10.8 Å². The molecule has 8 heteroatoms. The van der Waals surface area contributed by atoms with Crippen LogP contribution in [0.5, 0.6) is 0 Å². The molecule has 27 heavy (non-hydrogen) atoms. The minimum atomic E-state index is -3.48. The van der Waals surface area contributed by atoms with E-state index in [0.29, 0.717) is 17.7 Å². The molecule has 1 unspecified atom stereocenters. The molecule has 1 amide bonds. The number of carbonyl (C=O) groups is 1. The van der Waals surface area contributed by atoms with Crippen LogP contribution in [0.1, 0.15) is 29.6 Å². The number of carbonyl (C=O) groups excluding carboxylic acids is 1. The summed E-state index contributed by atoms with van der Waals surface area (Å²) < 4.78 is 30.9. The Bertz CT molecular complexity index is 756. The molecule has 2 heterocycles. The van der Waals surface area contributed by atoms with Crippen molar-refractivity contribution in [3.05, 3.63) is 29.8 Å². The zero-order chi connectivity index (χ0) is 19.6. The lowest BCUT2D eigenvalue weighted by Gasteiger charge is -2.36. The molecule has 0 bridgehead atoms. The van der Waals surface area contributed by atoms with Gasteiger partial charge in [-0.1, -0.05) is 0 Å². The summed E-state index contributed by atoms with van der Waals surface area (Å²) in [4.78, 5) is 17.3. The van der Waals surface area contributed by atoms with E-state index in [0.717, 1.165) is 45.4 Å². The smallest absolute Gasteiger partial charge is 0.253 e. The molecule has 0 radical (unpaired) electrons. The minimum Gasteiger partial charge on any atom is -0.380 e. The Labute approximate surface area is 161 Å². The molecule has 0 aliphatic carbocycles. The molecule has 2 saturated heterocycles. The standard InChI is InChI=1S/C19H29N3O4S/c1-20(2)27(24,25)18-6-4-15(5-7-18)19(23)21-11-8-16(9-12-21)22-13-10-17(14-22)26-3/h4-7,16-17H,8-14H2,1-3H3. The second-order valence-electron chi connectivity index (χ2n) is 7.48. The molecule has 1 aromatic rings. The van der Waals surface area contributed by atoms with E-state index >= 15 is 0 Å². The number of amides is 1. The first-order valence-corrected chi connectivity index (χ1v) is 10.9. The molecule has 150 valence electrons. The van der Waals surface area contributed by atoms with Gasteiger partial charge >= 0.3 is 0 Å². The van der Waals surface area contributed by atoms with Gasteiger partial charge in [0.2, 0.25) is 10.0 Å². The average molecular weight is 396 g/mol. The van der Waals surface area contributed by atoms with Crippen molar-refractivity contribution in [3.8, 4) is 0 Å². The minimum absolute atomic E-state index is 0.0292. The van der Waals surface area contributed by atoms with Gasteiger partial charge in [0.05, 0.1) is 11.0 Å². The Balaban J connectivity index is 1.58. The third-order valence-electron chi connectivity index (χ3n) is 5.66. The highest BCUT2D eigenvalue weighted by Gasteiger charge is 2.32. The van der Waals surface area contributed by atoms with Crippen LogP contribution in [-0.2, 0) is 14.8 Å². The fraction of sp³-hybridized carbons (Fsp3) is 0.632. The van der Waals surface area contributed by atoms with Gasteiger partial charge < -0.3 is 9.64 Å². The second kappa shape index (κ2) is 8.26. The maximum atomic E-state index is 12.8. The molecule has 1 atom stereocenters. The fourth-order valence-electron chi connectivity index (χ4n) is 3.87. The molecule has 0 saturated carbocycles. The number of sulfonamides is 1. The summed E-state index contributed by atoms with van der Waals surface area (Å²) in [5.41, 5.74) is 0.534. The zero-order valence-electron chi connectivity index (χ0n) is 16.3. The SMILES string of the molecule is COC1CCN(C2CCN(C(=O)c3ccc(S(=O)(=O)N(C)C)cc3)CC2)C1. The van der Waals surface area contributed by atoms with E-state index in [9.17, 15) is 13.2 Å². The maximum absolute atomic E-state index is 12.8. The van der Waals surface area contributed by atoms with Gasteiger partial charge in [0.1, 0.15) is 0 Å². The van der Waals surface area contributed by atoms with Gasteiger partial charge in [-0.25, -0.2) is 12.7 Å². The van der Waals surface area contributed by atoms with E-state index in [4.69, 9.17) is 4.74 Å². The van der Waals surface area contributed by atoms with Crippen LogP contribution in [0.4, 0.5) is 0 Å². The number of nitrogens with zero attached hydrogens (tertiary/aromatic N) is 3. The second-order valence-corrected chi connectivity index (χ2v) is 9.63. The van der Waals surface area contributed by atoms with Gasteiger partial charge in [-0.2, -0.15) is 0 Å². The molecule has 7 nitrogen and oxygen atoms in total. The van der Waals surface area contributed by atoms with Crippen LogP contribution < -0.4 is 0 Å². The highest BCUT2D eigenvalue weighted by atomic mass is 32.2. The number of ether oxygens (including phenoxy) is 1. The van der Waals surface area contributed by atoms with Crippen LogP contribution in [0, 0.1) is 0 Å². The van der Waals surface area contributed by atoms with Gasteiger partial charge in [-0.3, -0.25) is 9.69 Å². The van der Waals surface area contributed by atoms with Crippen LogP contribution >= 0.6 is 0 Å². The highest BCUT2D eigenvalue weighted by Crippen LogP contribution is 2.23. The summed E-state index contributed by atoms with van der Waals surface area (Å²) in [6, 6.07) is 6.74. The maximum Gasteiger partial charge on any atom is 0.253 e. The van der Waals surface area contributed by atoms with Gasteiger partial charge in [-0.15, -0.1) is 0 Å².